The quantitative estimate of drug-likeness (QED) is 0.526. The summed E-state index contributed by atoms with van der Waals surface area (Å²) in [4.78, 5) is 18.5. The SMILES string of the molecule is CN=C(NCC(=O)N1CCc2ccccc2C1)NCc1ccc(C)cc1OCC(F)(F)F. The second-order valence-corrected chi connectivity index (χ2v) is 7.63. The van der Waals surface area contributed by atoms with E-state index >= 15 is 0 Å². The molecule has 0 saturated carbocycles. The summed E-state index contributed by atoms with van der Waals surface area (Å²) in [6.45, 7) is 1.91. The lowest BCUT2D eigenvalue weighted by molar-refractivity contribution is -0.153. The summed E-state index contributed by atoms with van der Waals surface area (Å²) in [6, 6.07) is 13.1. The minimum atomic E-state index is -4.42. The van der Waals surface area contributed by atoms with E-state index in [9.17, 15) is 18.0 Å². The van der Waals surface area contributed by atoms with Crippen molar-refractivity contribution in [1.82, 2.24) is 15.5 Å². The summed E-state index contributed by atoms with van der Waals surface area (Å²) in [5.74, 6) is 0.485. The number of alkyl halides is 3. The third-order valence-corrected chi connectivity index (χ3v) is 5.17. The van der Waals surface area contributed by atoms with E-state index in [1.807, 2.05) is 18.2 Å². The molecule has 2 aromatic rings. The molecular weight excluding hydrogens is 421 g/mol. The number of amides is 1. The molecule has 32 heavy (non-hydrogen) atoms. The number of rotatable bonds is 6. The number of carbonyl (C=O) groups is 1. The Hall–Kier alpha value is -3.23. The van der Waals surface area contributed by atoms with Gasteiger partial charge in [-0.2, -0.15) is 13.2 Å². The monoisotopic (exact) mass is 448 g/mol. The summed E-state index contributed by atoms with van der Waals surface area (Å²) < 4.78 is 42.6. The van der Waals surface area contributed by atoms with Crippen LogP contribution < -0.4 is 15.4 Å². The van der Waals surface area contributed by atoms with Crippen molar-refractivity contribution in [2.45, 2.75) is 32.6 Å². The molecule has 0 bridgehead atoms. The zero-order chi connectivity index (χ0) is 23.1. The maximum Gasteiger partial charge on any atom is 0.422 e. The van der Waals surface area contributed by atoms with E-state index in [0.717, 1.165) is 17.5 Å². The van der Waals surface area contributed by atoms with Crippen LogP contribution >= 0.6 is 0 Å². The molecule has 0 aliphatic carbocycles. The van der Waals surface area contributed by atoms with Gasteiger partial charge in [-0.1, -0.05) is 36.4 Å². The Morgan fingerprint density at radius 3 is 2.62 bits per heavy atom. The van der Waals surface area contributed by atoms with Gasteiger partial charge >= 0.3 is 6.18 Å². The Labute approximate surface area is 185 Å². The van der Waals surface area contributed by atoms with Gasteiger partial charge in [-0.25, -0.2) is 0 Å². The van der Waals surface area contributed by atoms with Crippen LogP contribution in [0.25, 0.3) is 0 Å². The number of guanidine groups is 1. The van der Waals surface area contributed by atoms with E-state index in [0.29, 0.717) is 24.6 Å². The molecule has 9 heteroatoms. The molecule has 6 nitrogen and oxygen atoms in total. The normalized spacial score (nSPS) is 14.0. The molecule has 0 fully saturated rings. The van der Waals surface area contributed by atoms with Crippen LogP contribution in [-0.4, -0.2) is 49.7 Å². The number of aliphatic imine (C=N–C) groups is 1. The van der Waals surface area contributed by atoms with E-state index in [4.69, 9.17) is 4.74 Å². The van der Waals surface area contributed by atoms with Crippen LogP contribution in [0.5, 0.6) is 5.75 Å². The molecule has 1 heterocycles. The molecule has 1 aliphatic heterocycles. The molecule has 0 saturated heterocycles. The molecule has 0 spiro atoms. The minimum absolute atomic E-state index is 0.0491. The first-order valence-corrected chi connectivity index (χ1v) is 10.3. The van der Waals surface area contributed by atoms with Crippen molar-refractivity contribution in [3.05, 3.63) is 64.7 Å². The first-order valence-electron chi connectivity index (χ1n) is 10.3. The topological polar surface area (TPSA) is 66.0 Å². The average Bonchev–Trinajstić information content (AvgIpc) is 2.77. The van der Waals surface area contributed by atoms with Crippen molar-refractivity contribution >= 4 is 11.9 Å². The van der Waals surface area contributed by atoms with Gasteiger partial charge in [-0.05, 0) is 36.1 Å². The number of halogens is 3. The smallest absolute Gasteiger partial charge is 0.422 e. The Bertz CT molecular complexity index is 976. The van der Waals surface area contributed by atoms with Crippen LogP contribution in [0, 0.1) is 6.92 Å². The van der Waals surface area contributed by atoms with Gasteiger partial charge in [-0.3, -0.25) is 9.79 Å². The molecular formula is C23H27F3N4O2. The number of benzene rings is 2. The van der Waals surface area contributed by atoms with Crippen molar-refractivity contribution in [1.29, 1.82) is 0 Å². The first kappa shape index (κ1) is 23.4. The minimum Gasteiger partial charge on any atom is -0.484 e. The highest BCUT2D eigenvalue weighted by Crippen LogP contribution is 2.24. The Balaban J connectivity index is 1.53. The molecule has 0 atom stereocenters. The van der Waals surface area contributed by atoms with E-state index in [2.05, 4.69) is 21.7 Å². The lowest BCUT2D eigenvalue weighted by atomic mass is 10.00. The maximum absolute atomic E-state index is 12.6. The molecule has 1 aliphatic rings. The van der Waals surface area contributed by atoms with Gasteiger partial charge in [0.15, 0.2) is 12.6 Å². The highest BCUT2D eigenvalue weighted by molar-refractivity contribution is 5.86. The predicted octanol–water partition coefficient (Wildman–Crippen LogP) is 3.19. The summed E-state index contributed by atoms with van der Waals surface area (Å²) in [7, 11) is 1.56. The number of hydrogen-bond donors (Lipinski definition) is 2. The number of carbonyl (C=O) groups excluding carboxylic acids is 1. The number of hydrogen-bond acceptors (Lipinski definition) is 3. The van der Waals surface area contributed by atoms with Gasteiger partial charge in [-0.15, -0.1) is 0 Å². The van der Waals surface area contributed by atoms with Crippen molar-refractivity contribution in [3.63, 3.8) is 0 Å². The molecule has 2 aromatic carbocycles. The number of ether oxygens (including phenoxy) is 1. The maximum atomic E-state index is 12.6. The summed E-state index contributed by atoms with van der Waals surface area (Å²) in [6.07, 6.45) is -3.59. The van der Waals surface area contributed by atoms with Crippen molar-refractivity contribution in [2.75, 3.05) is 26.7 Å². The van der Waals surface area contributed by atoms with Crippen LogP contribution in [0.4, 0.5) is 13.2 Å². The highest BCUT2D eigenvalue weighted by Gasteiger charge is 2.29. The van der Waals surface area contributed by atoms with E-state index < -0.39 is 12.8 Å². The number of nitrogens with one attached hydrogen (secondary N) is 2. The zero-order valence-electron chi connectivity index (χ0n) is 18.1. The van der Waals surface area contributed by atoms with Crippen LogP contribution in [0.2, 0.25) is 0 Å². The van der Waals surface area contributed by atoms with E-state index in [1.165, 1.54) is 5.56 Å². The second kappa shape index (κ2) is 10.4. The van der Waals surface area contributed by atoms with Crippen molar-refractivity contribution < 1.29 is 22.7 Å². The molecule has 0 radical (unpaired) electrons. The van der Waals surface area contributed by atoms with Gasteiger partial charge in [0.05, 0.1) is 6.54 Å². The molecule has 0 aromatic heterocycles. The third-order valence-electron chi connectivity index (χ3n) is 5.17. The van der Waals surface area contributed by atoms with Gasteiger partial charge in [0, 0.05) is 32.2 Å². The summed E-state index contributed by atoms with van der Waals surface area (Å²) in [5, 5.41) is 6.00. The first-order chi connectivity index (χ1) is 15.2. The molecule has 172 valence electrons. The van der Waals surface area contributed by atoms with E-state index in [-0.39, 0.29) is 24.7 Å². The van der Waals surface area contributed by atoms with Crippen LogP contribution in [0.1, 0.15) is 22.3 Å². The third kappa shape index (κ3) is 6.63. The molecule has 1 amide bonds. The highest BCUT2D eigenvalue weighted by atomic mass is 19.4. The average molecular weight is 448 g/mol. The number of aryl methyl sites for hydroxylation is 1. The van der Waals surface area contributed by atoms with E-state index in [1.54, 1.807) is 37.1 Å². The van der Waals surface area contributed by atoms with Crippen LogP contribution in [0.3, 0.4) is 0 Å². The van der Waals surface area contributed by atoms with Crippen LogP contribution in [0.15, 0.2) is 47.5 Å². The molecule has 0 unspecified atom stereocenters. The molecule has 2 N–H and O–H groups in total. The fourth-order valence-corrected chi connectivity index (χ4v) is 3.48. The van der Waals surface area contributed by atoms with Crippen LogP contribution in [-0.2, 0) is 24.3 Å². The lowest BCUT2D eigenvalue weighted by Crippen LogP contribution is -2.45. The van der Waals surface area contributed by atoms with Crippen molar-refractivity contribution in [2.24, 2.45) is 4.99 Å². The largest absolute Gasteiger partial charge is 0.484 e. The molecule has 3 rings (SSSR count). The fraction of sp³-hybridized carbons (Fsp3) is 0.391. The van der Waals surface area contributed by atoms with Gasteiger partial charge in [0.25, 0.3) is 0 Å². The van der Waals surface area contributed by atoms with Gasteiger partial charge in [0.2, 0.25) is 5.91 Å². The van der Waals surface area contributed by atoms with Crippen molar-refractivity contribution in [3.8, 4) is 5.75 Å². The summed E-state index contributed by atoms with van der Waals surface area (Å²) >= 11 is 0. The van der Waals surface area contributed by atoms with Gasteiger partial charge in [0.1, 0.15) is 5.75 Å². The Morgan fingerprint density at radius 2 is 1.91 bits per heavy atom. The lowest BCUT2D eigenvalue weighted by Gasteiger charge is -2.29. The Kier molecular flexibility index (Phi) is 7.61. The number of nitrogens with zero attached hydrogens (tertiary/aromatic N) is 2. The second-order valence-electron chi connectivity index (χ2n) is 7.63. The standard InChI is InChI=1S/C23H27F3N4O2/c1-16-7-8-18(20(11-16)32-15-23(24,25)26)12-28-22(27-2)29-13-21(31)30-10-9-17-5-3-4-6-19(17)14-30/h3-8,11H,9-10,12-15H2,1-2H3,(H2,27,28,29). The fourth-order valence-electron chi connectivity index (χ4n) is 3.48. The summed E-state index contributed by atoms with van der Waals surface area (Å²) in [5.41, 5.74) is 3.77. The Morgan fingerprint density at radius 1 is 1.16 bits per heavy atom. The number of fused-ring (bicyclic) bond motifs is 1. The zero-order valence-corrected chi connectivity index (χ0v) is 18.1. The predicted molar refractivity (Wildman–Crippen MR) is 116 cm³/mol. The van der Waals surface area contributed by atoms with Gasteiger partial charge < -0.3 is 20.3 Å².